The molecule has 1 rings (SSSR count). The summed E-state index contributed by atoms with van der Waals surface area (Å²) in [5, 5.41) is 12.3. The number of ether oxygens (including phenoxy) is 1. The molecule has 0 fully saturated rings. The Bertz CT molecular complexity index is 392. The van der Waals surface area contributed by atoms with E-state index >= 15 is 0 Å². The van der Waals surface area contributed by atoms with E-state index in [1.54, 1.807) is 6.08 Å². The van der Waals surface area contributed by atoms with Crippen LogP contribution < -0.4 is 0 Å². The first-order chi connectivity index (χ1) is 7.63. The second-order valence-electron chi connectivity index (χ2n) is 3.11. The fourth-order valence-electron chi connectivity index (χ4n) is 1.16. The van der Waals surface area contributed by atoms with Crippen molar-refractivity contribution in [2.75, 3.05) is 7.11 Å². The summed E-state index contributed by atoms with van der Waals surface area (Å²) in [6, 6.07) is 1.86. The molecule has 1 heterocycles. The van der Waals surface area contributed by atoms with Crippen LogP contribution in [0.15, 0.2) is 22.4 Å². The number of methoxy groups -OCH3 is 1. The molecule has 0 aliphatic carbocycles. The van der Waals surface area contributed by atoms with E-state index in [2.05, 4.69) is 4.74 Å². The van der Waals surface area contributed by atoms with Gasteiger partial charge in [0, 0.05) is 12.0 Å². The van der Waals surface area contributed by atoms with Crippen LogP contribution >= 0.6 is 11.3 Å². The third-order valence-corrected chi connectivity index (χ3v) is 2.64. The van der Waals surface area contributed by atoms with Gasteiger partial charge in [0.25, 0.3) is 0 Å². The van der Waals surface area contributed by atoms with E-state index in [0.717, 1.165) is 5.56 Å². The zero-order valence-corrected chi connectivity index (χ0v) is 9.62. The number of carboxylic acids is 1. The molecule has 4 nitrogen and oxygen atoms in total. The Morgan fingerprint density at radius 1 is 1.50 bits per heavy atom. The first-order valence-corrected chi connectivity index (χ1v) is 5.60. The molecule has 0 aliphatic rings. The summed E-state index contributed by atoms with van der Waals surface area (Å²) in [5.41, 5.74) is 1.26. The van der Waals surface area contributed by atoms with Crippen LogP contribution in [0, 0.1) is 0 Å². The highest BCUT2D eigenvalue weighted by molar-refractivity contribution is 7.08. The second-order valence-corrected chi connectivity index (χ2v) is 3.89. The molecule has 0 spiro atoms. The maximum absolute atomic E-state index is 11.4. The quantitative estimate of drug-likeness (QED) is 0.632. The fraction of sp³-hybridized carbons (Fsp3) is 0.273. The van der Waals surface area contributed by atoms with Crippen LogP contribution in [0.3, 0.4) is 0 Å². The van der Waals surface area contributed by atoms with Crippen LogP contribution in [0.4, 0.5) is 0 Å². The van der Waals surface area contributed by atoms with E-state index in [1.165, 1.54) is 18.4 Å². The molecule has 5 heteroatoms. The molecule has 1 aromatic rings. The van der Waals surface area contributed by atoms with Crippen molar-refractivity contribution >= 4 is 29.4 Å². The monoisotopic (exact) mass is 240 g/mol. The van der Waals surface area contributed by atoms with Crippen molar-refractivity contribution in [3.63, 3.8) is 0 Å². The Hall–Kier alpha value is -1.62. The smallest absolute Gasteiger partial charge is 0.333 e. The average molecular weight is 240 g/mol. The minimum absolute atomic E-state index is 0.0783. The molecule has 0 aliphatic heterocycles. The van der Waals surface area contributed by atoms with Crippen LogP contribution in [-0.2, 0) is 14.3 Å². The maximum Gasteiger partial charge on any atom is 0.333 e. The van der Waals surface area contributed by atoms with Gasteiger partial charge in [0.1, 0.15) is 0 Å². The molecule has 1 aromatic heterocycles. The summed E-state index contributed by atoms with van der Waals surface area (Å²) in [4.78, 5) is 21.8. The van der Waals surface area contributed by atoms with Crippen LogP contribution in [-0.4, -0.2) is 24.2 Å². The Morgan fingerprint density at radius 2 is 2.25 bits per heavy atom. The summed E-state index contributed by atoms with van der Waals surface area (Å²) in [5.74, 6) is -1.41. The Morgan fingerprint density at radius 3 is 2.75 bits per heavy atom. The largest absolute Gasteiger partial charge is 0.481 e. The minimum Gasteiger partial charge on any atom is -0.481 e. The van der Waals surface area contributed by atoms with Gasteiger partial charge in [-0.1, -0.05) is 0 Å². The molecule has 0 atom stereocenters. The molecular weight excluding hydrogens is 228 g/mol. The van der Waals surface area contributed by atoms with Crippen molar-refractivity contribution in [2.45, 2.75) is 12.8 Å². The van der Waals surface area contributed by atoms with Gasteiger partial charge in [-0.25, -0.2) is 4.79 Å². The summed E-state index contributed by atoms with van der Waals surface area (Å²) < 4.78 is 4.60. The van der Waals surface area contributed by atoms with Crippen LogP contribution in [0.5, 0.6) is 0 Å². The predicted molar refractivity (Wildman–Crippen MR) is 61.2 cm³/mol. The van der Waals surface area contributed by atoms with Gasteiger partial charge in [0.2, 0.25) is 0 Å². The van der Waals surface area contributed by atoms with Crippen molar-refractivity contribution in [2.24, 2.45) is 0 Å². The first-order valence-electron chi connectivity index (χ1n) is 4.66. The third-order valence-electron chi connectivity index (χ3n) is 1.94. The number of aliphatic carboxylic acids is 1. The molecule has 1 N–H and O–H groups in total. The predicted octanol–water partition coefficient (Wildman–Crippen LogP) is 2.17. The molecular formula is C11H12O4S. The highest BCUT2D eigenvalue weighted by Gasteiger charge is 2.11. The summed E-state index contributed by atoms with van der Waals surface area (Å²) in [7, 11) is 1.28. The Labute approximate surface area is 97.2 Å². The van der Waals surface area contributed by atoms with E-state index in [-0.39, 0.29) is 12.8 Å². The Kier molecular flexibility index (Phi) is 4.72. The van der Waals surface area contributed by atoms with E-state index in [0.29, 0.717) is 5.57 Å². The highest BCUT2D eigenvalue weighted by Crippen LogP contribution is 2.15. The number of esters is 1. The summed E-state index contributed by atoms with van der Waals surface area (Å²) in [6.45, 7) is 0. The number of carboxylic acid groups (broad SMARTS) is 1. The van der Waals surface area contributed by atoms with Gasteiger partial charge in [0.05, 0.1) is 7.11 Å². The van der Waals surface area contributed by atoms with Gasteiger partial charge >= 0.3 is 11.9 Å². The van der Waals surface area contributed by atoms with E-state index in [4.69, 9.17) is 5.11 Å². The Balaban J connectivity index is 2.78. The lowest BCUT2D eigenvalue weighted by atomic mass is 10.1. The molecule has 0 amide bonds. The van der Waals surface area contributed by atoms with Gasteiger partial charge in [-0.3, -0.25) is 4.79 Å². The van der Waals surface area contributed by atoms with E-state index in [1.807, 2.05) is 16.8 Å². The lowest BCUT2D eigenvalue weighted by molar-refractivity contribution is -0.137. The summed E-state index contributed by atoms with van der Waals surface area (Å²) in [6.07, 6.45) is 1.76. The van der Waals surface area contributed by atoms with Crippen molar-refractivity contribution in [3.8, 4) is 0 Å². The van der Waals surface area contributed by atoms with Crippen LogP contribution in [0.2, 0.25) is 0 Å². The van der Waals surface area contributed by atoms with Gasteiger partial charge in [-0.15, -0.1) is 0 Å². The molecule has 0 saturated heterocycles. The van der Waals surface area contributed by atoms with Crippen LogP contribution in [0.1, 0.15) is 18.4 Å². The molecule has 16 heavy (non-hydrogen) atoms. The SMILES string of the molecule is COC(=O)C(=Cc1ccsc1)CCC(=O)O. The molecule has 0 unspecified atom stereocenters. The first kappa shape index (κ1) is 12.4. The zero-order valence-electron chi connectivity index (χ0n) is 8.80. The average Bonchev–Trinajstić information content (AvgIpc) is 2.75. The molecule has 0 aromatic carbocycles. The van der Waals surface area contributed by atoms with Gasteiger partial charge in [-0.05, 0) is 34.9 Å². The van der Waals surface area contributed by atoms with Crippen molar-refractivity contribution in [3.05, 3.63) is 28.0 Å². The highest BCUT2D eigenvalue weighted by atomic mass is 32.1. The van der Waals surface area contributed by atoms with Crippen molar-refractivity contribution in [1.82, 2.24) is 0 Å². The van der Waals surface area contributed by atoms with E-state index < -0.39 is 11.9 Å². The van der Waals surface area contributed by atoms with Crippen molar-refractivity contribution in [1.29, 1.82) is 0 Å². The molecule has 0 radical (unpaired) electrons. The van der Waals surface area contributed by atoms with Gasteiger partial charge < -0.3 is 9.84 Å². The number of hydrogen-bond donors (Lipinski definition) is 1. The number of hydrogen-bond acceptors (Lipinski definition) is 4. The lowest BCUT2D eigenvalue weighted by Crippen LogP contribution is -2.07. The minimum atomic E-state index is -0.930. The number of carbonyl (C=O) groups excluding carboxylic acids is 1. The van der Waals surface area contributed by atoms with Gasteiger partial charge in [-0.2, -0.15) is 11.3 Å². The second kappa shape index (κ2) is 6.07. The fourth-order valence-corrected chi connectivity index (χ4v) is 1.78. The topological polar surface area (TPSA) is 63.6 Å². The summed E-state index contributed by atoms with van der Waals surface area (Å²) >= 11 is 1.51. The number of thiophene rings is 1. The molecule has 0 saturated carbocycles. The molecule has 0 bridgehead atoms. The zero-order chi connectivity index (χ0) is 12.0. The van der Waals surface area contributed by atoms with Gasteiger partial charge in [0.15, 0.2) is 0 Å². The molecule has 86 valence electrons. The van der Waals surface area contributed by atoms with Crippen molar-refractivity contribution < 1.29 is 19.4 Å². The standard InChI is InChI=1S/C11H12O4S/c1-15-11(14)9(2-3-10(12)13)6-8-4-5-16-7-8/h4-7H,2-3H2,1H3,(H,12,13). The number of rotatable bonds is 5. The van der Waals surface area contributed by atoms with Crippen LogP contribution in [0.25, 0.3) is 6.08 Å². The normalized spacial score (nSPS) is 11.2. The van der Waals surface area contributed by atoms with E-state index in [9.17, 15) is 9.59 Å². The maximum atomic E-state index is 11.4. The lowest BCUT2D eigenvalue weighted by Gasteiger charge is -2.03. The third kappa shape index (κ3) is 3.86. The number of carbonyl (C=O) groups is 2.